The van der Waals surface area contributed by atoms with Gasteiger partial charge in [-0.25, -0.2) is 0 Å². The van der Waals surface area contributed by atoms with Gasteiger partial charge >= 0.3 is 0 Å². The Morgan fingerprint density at radius 3 is 2.62 bits per heavy atom. The molecule has 0 aliphatic rings. The van der Waals surface area contributed by atoms with Gasteiger partial charge in [-0.05, 0) is 25.7 Å². The van der Waals surface area contributed by atoms with Gasteiger partial charge in [0.15, 0.2) is 0 Å². The van der Waals surface area contributed by atoms with Crippen LogP contribution in [0.2, 0.25) is 0 Å². The van der Waals surface area contributed by atoms with Crippen LogP contribution in [0.15, 0.2) is 24.8 Å². The molecule has 0 spiro atoms. The van der Waals surface area contributed by atoms with Gasteiger partial charge in [-0.3, -0.25) is 0 Å². The minimum absolute atomic E-state index is 0.0860. The van der Waals surface area contributed by atoms with Gasteiger partial charge in [-0.2, -0.15) is 0 Å². The summed E-state index contributed by atoms with van der Waals surface area (Å²) in [5.74, 6) is 0. The van der Waals surface area contributed by atoms with Crippen LogP contribution in [-0.4, -0.2) is 11.2 Å². The SMILES string of the molecule is C=CC=CCCCC(O)CCCC. The van der Waals surface area contributed by atoms with Gasteiger partial charge in [-0.1, -0.05) is 44.6 Å². The Morgan fingerprint density at radius 1 is 1.31 bits per heavy atom. The second-order valence-electron chi connectivity index (χ2n) is 3.39. The number of aliphatic hydroxyl groups is 1. The molecule has 1 N–H and O–H groups in total. The summed E-state index contributed by atoms with van der Waals surface area (Å²) < 4.78 is 0. The smallest absolute Gasteiger partial charge is 0.0540 e. The van der Waals surface area contributed by atoms with Gasteiger partial charge in [0.25, 0.3) is 0 Å². The lowest BCUT2D eigenvalue weighted by Crippen LogP contribution is -2.05. The third-order valence-corrected chi connectivity index (χ3v) is 2.07. The summed E-state index contributed by atoms with van der Waals surface area (Å²) in [5, 5.41) is 9.49. The Morgan fingerprint density at radius 2 is 2.00 bits per heavy atom. The largest absolute Gasteiger partial charge is 0.393 e. The molecule has 0 bridgehead atoms. The number of unbranched alkanes of at least 4 members (excludes halogenated alkanes) is 2. The molecule has 0 saturated heterocycles. The fourth-order valence-corrected chi connectivity index (χ4v) is 1.25. The van der Waals surface area contributed by atoms with E-state index >= 15 is 0 Å². The van der Waals surface area contributed by atoms with Crippen molar-refractivity contribution in [1.29, 1.82) is 0 Å². The van der Waals surface area contributed by atoms with E-state index in [1.807, 2.05) is 6.08 Å². The summed E-state index contributed by atoms with van der Waals surface area (Å²) in [6, 6.07) is 0. The molecule has 1 nitrogen and oxygen atoms in total. The predicted octanol–water partition coefficient (Wildman–Crippen LogP) is 3.45. The fraction of sp³-hybridized carbons (Fsp3) is 0.667. The fourth-order valence-electron chi connectivity index (χ4n) is 1.25. The van der Waals surface area contributed by atoms with Gasteiger partial charge in [0.2, 0.25) is 0 Å². The van der Waals surface area contributed by atoms with Crippen LogP contribution < -0.4 is 0 Å². The van der Waals surface area contributed by atoms with Crippen molar-refractivity contribution in [2.24, 2.45) is 0 Å². The number of hydrogen-bond donors (Lipinski definition) is 1. The number of rotatable bonds is 8. The summed E-state index contributed by atoms with van der Waals surface area (Å²) in [5.41, 5.74) is 0. The van der Waals surface area contributed by atoms with E-state index in [-0.39, 0.29) is 6.10 Å². The Hall–Kier alpha value is -0.560. The van der Waals surface area contributed by atoms with Crippen molar-refractivity contribution in [3.05, 3.63) is 24.8 Å². The zero-order valence-corrected chi connectivity index (χ0v) is 8.71. The monoisotopic (exact) mass is 182 g/mol. The van der Waals surface area contributed by atoms with Crippen LogP contribution in [0.4, 0.5) is 0 Å². The third kappa shape index (κ3) is 9.35. The lowest BCUT2D eigenvalue weighted by Gasteiger charge is -2.07. The Balaban J connectivity index is 3.20. The van der Waals surface area contributed by atoms with Crippen LogP contribution in [0.5, 0.6) is 0 Å². The first-order chi connectivity index (χ1) is 6.31. The maximum atomic E-state index is 9.49. The van der Waals surface area contributed by atoms with E-state index in [4.69, 9.17) is 0 Å². The maximum absolute atomic E-state index is 9.49. The molecule has 1 atom stereocenters. The molecule has 0 fully saturated rings. The third-order valence-electron chi connectivity index (χ3n) is 2.07. The number of hydrogen-bond acceptors (Lipinski definition) is 1. The summed E-state index contributed by atoms with van der Waals surface area (Å²) in [7, 11) is 0. The summed E-state index contributed by atoms with van der Waals surface area (Å²) >= 11 is 0. The lowest BCUT2D eigenvalue weighted by atomic mass is 10.1. The lowest BCUT2D eigenvalue weighted by molar-refractivity contribution is 0.149. The molecular formula is C12H22O. The van der Waals surface area contributed by atoms with Crippen LogP contribution in [0, 0.1) is 0 Å². The van der Waals surface area contributed by atoms with Crippen LogP contribution in [0.3, 0.4) is 0 Å². The van der Waals surface area contributed by atoms with Gasteiger partial charge in [0, 0.05) is 0 Å². The van der Waals surface area contributed by atoms with Gasteiger partial charge < -0.3 is 5.11 Å². The van der Waals surface area contributed by atoms with Crippen LogP contribution in [-0.2, 0) is 0 Å². The van der Waals surface area contributed by atoms with Crippen molar-refractivity contribution in [3.63, 3.8) is 0 Å². The molecule has 0 aromatic heterocycles. The van der Waals surface area contributed by atoms with Crippen LogP contribution in [0.25, 0.3) is 0 Å². The zero-order chi connectivity index (χ0) is 9.94. The van der Waals surface area contributed by atoms with Gasteiger partial charge in [0.1, 0.15) is 0 Å². The topological polar surface area (TPSA) is 20.2 Å². The molecule has 0 rings (SSSR count). The number of allylic oxidation sites excluding steroid dienone is 3. The van der Waals surface area contributed by atoms with Crippen molar-refractivity contribution in [1.82, 2.24) is 0 Å². The van der Waals surface area contributed by atoms with Crippen molar-refractivity contribution in [2.45, 2.75) is 51.6 Å². The molecule has 0 aliphatic carbocycles. The number of aliphatic hydroxyl groups excluding tert-OH is 1. The first-order valence-corrected chi connectivity index (χ1v) is 5.26. The molecule has 0 aromatic carbocycles. The molecule has 1 heteroatoms. The molecule has 13 heavy (non-hydrogen) atoms. The standard InChI is InChI=1S/C12H22O/c1-3-5-7-8-9-11-12(13)10-6-4-2/h3,5,7,12-13H,1,4,6,8-11H2,2H3. The average molecular weight is 182 g/mol. The van der Waals surface area contributed by atoms with Crippen LogP contribution in [0.1, 0.15) is 45.4 Å². The van der Waals surface area contributed by atoms with E-state index in [0.29, 0.717) is 0 Å². The van der Waals surface area contributed by atoms with Crippen molar-refractivity contribution < 1.29 is 5.11 Å². The quantitative estimate of drug-likeness (QED) is 0.450. The highest BCUT2D eigenvalue weighted by Crippen LogP contribution is 2.08. The Bertz CT molecular complexity index is 138. The Kier molecular flexibility index (Phi) is 9.12. The Labute approximate surface area is 82.2 Å². The van der Waals surface area contributed by atoms with Crippen molar-refractivity contribution in [2.75, 3.05) is 0 Å². The maximum Gasteiger partial charge on any atom is 0.0540 e. The van der Waals surface area contributed by atoms with Crippen molar-refractivity contribution in [3.8, 4) is 0 Å². The molecule has 0 amide bonds. The van der Waals surface area contributed by atoms with Crippen molar-refractivity contribution >= 4 is 0 Å². The van der Waals surface area contributed by atoms with Gasteiger partial charge in [-0.15, -0.1) is 0 Å². The molecule has 1 unspecified atom stereocenters. The van der Waals surface area contributed by atoms with E-state index < -0.39 is 0 Å². The highest BCUT2D eigenvalue weighted by molar-refractivity contribution is 4.96. The summed E-state index contributed by atoms with van der Waals surface area (Å²) in [6.45, 7) is 5.75. The molecule has 0 aromatic rings. The predicted molar refractivity (Wildman–Crippen MR) is 58.7 cm³/mol. The normalized spacial score (nSPS) is 13.4. The highest BCUT2D eigenvalue weighted by Gasteiger charge is 2.01. The molecule has 0 radical (unpaired) electrons. The summed E-state index contributed by atoms with van der Waals surface area (Å²) in [4.78, 5) is 0. The zero-order valence-electron chi connectivity index (χ0n) is 8.71. The van der Waals surface area contributed by atoms with Gasteiger partial charge in [0.05, 0.1) is 6.10 Å². The average Bonchev–Trinajstić information content (AvgIpc) is 2.14. The highest BCUT2D eigenvalue weighted by atomic mass is 16.3. The minimum atomic E-state index is -0.0860. The van der Waals surface area contributed by atoms with E-state index in [0.717, 1.165) is 32.1 Å². The van der Waals surface area contributed by atoms with E-state index in [1.165, 1.54) is 6.42 Å². The first-order valence-electron chi connectivity index (χ1n) is 5.26. The molecule has 0 heterocycles. The second-order valence-corrected chi connectivity index (χ2v) is 3.39. The molecular weight excluding hydrogens is 160 g/mol. The molecule has 0 aliphatic heterocycles. The second kappa shape index (κ2) is 9.53. The minimum Gasteiger partial charge on any atom is -0.393 e. The molecule has 0 saturated carbocycles. The van der Waals surface area contributed by atoms with E-state index in [2.05, 4.69) is 19.6 Å². The first kappa shape index (κ1) is 12.4. The van der Waals surface area contributed by atoms with E-state index in [1.54, 1.807) is 6.08 Å². The van der Waals surface area contributed by atoms with Crippen LogP contribution >= 0.6 is 0 Å². The molecule has 76 valence electrons. The van der Waals surface area contributed by atoms with E-state index in [9.17, 15) is 5.11 Å². The summed E-state index contributed by atoms with van der Waals surface area (Å²) in [6.07, 6.45) is 12.1.